The lowest BCUT2D eigenvalue weighted by Gasteiger charge is -2.45. The van der Waals surface area contributed by atoms with E-state index in [0.717, 1.165) is 79.8 Å². The van der Waals surface area contributed by atoms with Crippen molar-refractivity contribution in [1.29, 1.82) is 0 Å². The number of likely N-dealkylation sites (tertiary alicyclic amines) is 1. The highest BCUT2D eigenvalue weighted by atomic mass is 79.9. The number of nitrogens with two attached hydrogens (primary N) is 1. The Kier molecular flexibility index (Phi) is 9.14. The molecule has 1 aromatic heterocycles. The van der Waals surface area contributed by atoms with Crippen LogP contribution in [0.5, 0.6) is 0 Å². The number of unbranched alkanes of at least 4 members (excludes halogenated alkanes) is 1. The van der Waals surface area contributed by atoms with Crippen LogP contribution in [0.2, 0.25) is 5.02 Å². The SMILES string of the molecule is CCCC[C@H]1CN(C2c3ccc(Cl)cc3CCc3cc(Br)cnc32)CCN1C(=O)CC1CCN(C(N)=O)CC1. The van der Waals surface area contributed by atoms with Gasteiger partial charge in [-0.15, -0.1) is 0 Å². The largest absolute Gasteiger partial charge is 0.351 e. The minimum atomic E-state index is -0.360. The van der Waals surface area contributed by atoms with Gasteiger partial charge in [0.25, 0.3) is 0 Å². The van der Waals surface area contributed by atoms with Gasteiger partial charge in [0.05, 0.1) is 11.7 Å². The van der Waals surface area contributed by atoms with E-state index in [1.165, 1.54) is 16.7 Å². The summed E-state index contributed by atoms with van der Waals surface area (Å²) in [7, 11) is 0. The third kappa shape index (κ3) is 6.44. The van der Waals surface area contributed by atoms with Crippen LogP contribution >= 0.6 is 27.5 Å². The third-order valence-electron chi connectivity index (χ3n) is 8.77. The van der Waals surface area contributed by atoms with Gasteiger partial charge >= 0.3 is 6.03 Å². The lowest BCUT2D eigenvalue weighted by atomic mass is 9.91. The number of carbonyl (C=O) groups is 2. The highest BCUT2D eigenvalue weighted by molar-refractivity contribution is 9.10. The van der Waals surface area contributed by atoms with Crippen molar-refractivity contribution in [3.63, 3.8) is 0 Å². The fourth-order valence-corrected chi connectivity index (χ4v) is 7.21. The summed E-state index contributed by atoms with van der Waals surface area (Å²) < 4.78 is 1.00. The Morgan fingerprint density at radius 3 is 2.62 bits per heavy atom. The molecule has 3 amide bonds. The first kappa shape index (κ1) is 28.4. The average molecular weight is 617 g/mol. The zero-order valence-corrected chi connectivity index (χ0v) is 25.1. The second kappa shape index (κ2) is 12.6. The number of hydrogen-bond donors (Lipinski definition) is 1. The maximum Gasteiger partial charge on any atom is 0.314 e. The van der Waals surface area contributed by atoms with Gasteiger partial charge in [0, 0.05) is 60.9 Å². The van der Waals surface area contributed by atoms with Crippen molar-refractivity contribution in [2.75, 3.05) is 32.7 Å². The van der Waals surface area contributed by atoms with Gasteiger partial charge < -0.3 is 15.5 Å². The van der Waals surface area contributed by atoms with Crippen LogP contribution in [0, 0.1) is 5.92 Å². The van der Waals surface area contributed by atoms with Crippen molar-refractivity contribution in [2.24, 2.45) is 11.7 Å². The molecule has 3 aliphatic rings. The average Bonchev–Trinajstić information content (AvgIpc) is 3.08. The molecule has 7 nitrogen and oxygen atoms in total. The maximum absolute atomic E-state index is 13.6. The molecule has 2 aliphatic heterocycles. The number of aromatic nitrogens is 1. The number of piperazine rings is 1. The molecule has 39 heavy (non-hydrogen) atoms. The first-order valence-electron chi connectivity index (χ1n) is 14.3. The number of primary amides is 1. The summed E-state index contributed by atoms with van der Waals surface area (Å²) in [6.45, 7) is 5.86. The molecule has 2 aromatic rings. The maximum atomic E-state index is 13.6. The molecule has 3 heterocycles. The zero-order valence-electron chi connectivity index (χ0n) is 22.7. The molecule has 0 saturated carbocycles. The Labute approximate surface area is 245 Å². The van der Waals surface area contributed by atoms with Gasteiger partial charge in [0.1, 0.15) is 0 Å². The number of amides is 3. The molecule has 9 heteroatoms. The van der Waals surface area contributed by atoms with Crippen molar-refractivity contribution in [3.05, 3.63) is 62.3 Å². The summed E-state index contributed by atoms with van der Waals surface area (Å²) in [5.41, 5.74) is 10.4. The second-order valence-electron chi connectivity index (χ2n) is 11.3. The van der Waals surface area contributed by atoms with Gasteiger partial charge in [0.15, 0.2) is 0 Å². The minimum absolute atomic E-state index is 0.0439. The van der Waals surface area contributed by atoms with E-state index in [4.69, 9.17) is 22.3 Å². The number of carbonyl (C=O) groups excluding carboxylic acids is 2. The fraction of sp³-hybridized carbons (Fsp3) is 0.567. The van der Waals surface area contributed by atoms with Gasteiger partial charge in [0.2, 0.25) is 5.91 Å². The number of benzene rings is 1. The molecule has 0 radical (unpaired) electrons. The Morgan fingerprint density at radius 2 is 1.87 bits per heavy atom. The Balaban J connectivity index is 1.37. The number of fused-ring (bicyclic) bond motifs is 2. The summed E-state index contributed by atoms with van der Waals surface area (Å²) in [5, 5.41) is 0.769. The Hall–Kier alpha value is -2.16. The Morgan fingerprint density at radius 1 is 1.10 bits per heavy atom. The highest BCUT2D eigenvalue weighted by Gasteiger charge is 2.38. The summed E-state index contributed by atoms with van der Waals surface area (Å²) in [4.78, 5) is 36.5. The second-order valence-corrected chi connectivity index (χ2v) is 12.6. The van der Waals surface area contributed by atoms with Crippen molar-refractivity contribution in [2.45, 2.75) is 70.4 Å². The number of pyridine rings is 1. The molecule has 1 unspecified atom stereocenters. The summed E-state index contributed by atoms with van der Waals surface area (Å²) in [6.07, 6.45) is 9.21. The monoisotopic (exact) mass is 615 g/mol. The molecule has 210 valence electrons. The predicted molar refractivity (Wildman–Crippen MR) is 158 cm³/mol. The zero-order chi connectivity index (χ0) is 27.5. The molecule has 1 aromatic carbocycles. The smallest absolute Gasteiger partial charge is 0.314 e. The number of piperidine rings is 1. The standard InChI is InChI=1S/C30H39BrClN5O2/c1-2-3-4-25-19-36(13-14-37(25)27(38)15-20-9-11-35(12-10-20)30(33)39)29-26-8-7-24(32)17-21(26)5-6-22-16-23(31)18-34-28(22)29/h7-8,16-18,20,25,29H,2-6,9-15,19H2,1H3,(H2,33,39)/t25-,29?/m0/s1. The molecule has 0 spiro atoms. The summed E-state index contributed by atoms with van der Waals surface area (Å²) in [5.74, 6) is 0.565. The predicted octanol–water partition coefficient (Wildman–Crippen LogP) is 5.57. The van der Waals surface area contributed by atoms with E-state index in [2.05, 4.69) is 50.9 Å². The fourth-order valence-electron chi connectivity index (χ4n) is 6.63. The minimum Gasteiger partial charge on any atom is -0.351 e. The van der Waals surface area contributed by atoms with Gasteiger partial charge in [-0.3, -0.25) is 14.7 Å². The molecule has 2 saturated heterocycles. The van der Waals surface area contributed by atoms with Crippen LogP contribution in [0.15, 0.2) is 34.9 Å². The topological polar surface area (TPSA) is 82.8 Å². The van der Waals surface area contributed by atoms with E-state index in [1.54, 1.807) is 4.90 Å². The number of urea groups is 1. The molecule has 0 bridgehead atoms. The van der Waals surface area contributed by atoms with Crippen molar-refractivity contribution in [3.8, 4) is 0 Å². The van der Waals surface area contributed by atoms with Gasteiger partial charge in [-0.1, -0.05) is 37.4 Å². The van der Waals surface area contributed by atoms with E-state index in [9.17, 15) is 9.59 Å². The Bertz CT molecular complexity index is 1150. The molecular weight excluding hydrogens is 578 g/mol. The van der Waals surface area contributed by atoms with E-state index >= 15 is 0 Å². The quantitative estimate of drug-likeness (QED) is 0.460. The van der Waals surface area contributed by atoms with Gasteiger partial charge in [-0.2, -0.15) is 0 Å². The lowest BCUT2D eigenvalue weighted by Crippen LogP contribution is -2.56. The first-order valence-corrected chi connectivity index (χ1v) is 15.5. The number of halogens is 2. The van der Waals surface area contributed by atoms with Crippen molar-refractivity contribution < 1.29 is 9.59 Å². The van der Waals surface area contributed by atoms with Crippen LogP contribution in [-0.4, -0.2) is 70.4 Å². The lowest BCUT2D eigenvalue weighted by molar-refractivity contribution is -0.138. The van der Waals surface area contributed by atoms with Crippen LogP contribution in [0.4, 0.5) is 4.79 Å². The summed E-state index contributed by atoms with van der Waals surface area (Å²) in [6, 6.07) is 8.36. The van der Waals surface area contributed by atoms with Crippen LogP contribution in [0.1, 0.15) is 73.9 Å². The molecular formula is C30H39BrClN5O2. The van der Waals surface area contributed by atoms with Crippen molar-refractivity contribution in [1.82, 2.24) is 19.7 Å². The molecule has 2 atom stereocenters. The molecule has 1 aliphatic carbocycles. The molecule has 5 rings (SSSR count). The number of nitrogens with zero attached hydrogens (tertiary/aromatic N) is 4. The number of aryl methyl sites for hydroxylation is 2. The van der Waals surface area contributed by atoms with Gasteiger partial charge in [-0.05, 0) is 88.8 Å². The first-order chi connectivity index (χ1) is 18.8. The third-order valence-corrected chi connectivity index (χ3v) is 9.44. The highest BCUT2D eigenvalue weighted by Crippen LogP contribution is 2.39. The summed E-state index contributed by atoms with van der Waals surface area (Å²) >= 11 is 10.1. The van der Waals surface area contributed by atoms with Crippen molar-refractivity contribution >= 4 is 39.5 Å². The van der Waals surface area contributed by atoms with Crippen LogP contribution in [-0.2, 0) is 17.6 Å². The van der Waals surface area contributed by atoms with E-state index in [1.807, 2.05) is 12.3 Å². The number of rotatable bonds is 6. The van der Waals surface area contributed by atoms with E-state index in [0.29, 0.717) is 25.4 Å². The molecule has 2 N–H and O–H groups in total. The van der Waals surface area contributed by atoms with Crippen LogP contribution in [0.25, 0.3) is 0 Å². The van der Waals surface area contributed by atoms with Crippen LogP contribution in [0.3, 0.4) is 0 Å². The van der Waals surface area contributed by atoms with E-state index in [-0.39, 0.29) is 24.0 Å². The number of hydrogen-bond acceptors (Lipinski definition) is 4. The normalized spacial score (nSPS) is 22.2. The van der Waals surface area contributed by atoms with E-state index < -0.39 is 0 Å². The van der Waals surface area contributed by atoms with Gasteiger partial charge in [-0.25, -0.2) is 4.79 Å². The molecule has 2 fully saturated rings. The van der Waals surface area contributed by atoms with Crippen LogP contribution < -0.4 is 5.73 Å².